The van der Waals surface area contributed by atoms with Gasteiger partial charge in [0.15, 0.2) is 0 Å². The molecule has 0 amide bonds. The van der Waals surface area contributed by atoms with Crippen molar-refractivity contribution in [2.45, 2.75) is 27.7 Å². The fraction of sp³-hybridized carbons (Fsp3) is 0.600. The number of rotatable bonds is 1. The summed E-state index contributed by atoms with van der Waals surface area (Å²) in [5.74, 6) is -3.33. The lowest BCUT2D eigenvalue weighted by molar-refractivity contribution is -0.135. The van der Waals surface area contributed by atoms with Gasteiger partial charge in [0.25, 0.3) is 23.9 Å². The Morgan fingerprint density at radius 2 is 0.619 bits per heavy atom. The number of carboxylic acid groups (broad SMARTS) is 4. The van der Waals surface area contributed by atoms with Crippen LogP contribution in [0.5, 0.6) is 0 Å². The van der Waals surface area contributed by atoms with E-state index in [1.165, 1.54) is 0 Å². The number of hydrogen-bond acceptors (Lipinski definition) is 6. The van der Waals surface area contributed by atoms with Gasteiger partial charge >= 0.3 is 0 Å². The molecular weight excluding hydrogens is 304 g/mol. The quantitative estimate of drug-likeness (QED) is 0.324. The highest BCUT2D eigenvalue weighted by molar-refractivity contribution is 5.75. The van der Waals surface area contributed by atoms with E-state index in [4.69, 9.17) is 49.8 Å². The van der Waals surface area contributed by atoms with Gasteiger partial charge < -0.3 is 30.6 Å². The largest absolute Gasteiger partial charge is 0.481 e. The standard InChI is InChI=1S/4C2H4O2.C2H6O2.Mg/c4*1-2(3)4;3-1-2-4;/h4*1H3,(H,3,4);3-4H,1-2H2;. The monoisotopic (exact) mass is 326 g/mol. The molecular formula is C10H22MgO10. The second-order valence-electron chi connectivity index (χ2n) is 2.52. The molecule has 0 aliphatic heterocycles. The van der Waals surface area contributed by atoms with Crippen LogP contribution in [-0.4, -0.2) is 90.8 Å². The Bertz CT molecular complexity index is 188. The summed E-state index contributed by atoms with van der Waals surface area (Å²) in [5.41, 5.74) is 0. The molecule has 0 heterocycles. The van der Waals surface area contributed by atoms with E-state index in [0.29, 0.717) is 0 Å². The summed E-state index contributed by atoms with van der Waals surface area (Å²) in [5, 5.41) is 44.9. The molecule has 11 heteroatoms. The number of carbonyl (C=O) groups is 4. The number of aliphatic carboxylic acids is 4. The maximum atomic E-state index is 9.00. The lowest BCUT2D eigenvalue weighted by Crippen LogP contribution is -1.85. The maximum absolute atomic E-state index is 9.00. The molecule has 0 spiro atoms. The SMILES string of the molecule is CC(=O)O.CC(=O)O.CC(=O)O.CC(=O)O.OCCO.[Mg]. The van der Waals surface area contributed by atoms with Gasteiger partial charge in [-0.25, -0.2) is 0 Å². The van der Waals surface area contributed by atoms with Crippen LogP contribution in [0.2, 0.25) is 0 Å². The summed E-state index contributed by atoms with van der Waals surface area (Å²) < 4.78 is 0. The molecule has 0 bridgehead atoms. The Labute approximate surface area is 138 Å². The Balaban J connectivity index is -0.0000000331. The van der Waals surface area contributed by atoms with Crippen molar-refractivity contribution in [2.24, 2.45) is 0 Å². The highest BCUT2D eigenvalue weighted by atomic mass is 24.3. The number of carboxylic acids is 4. The van der Waals surface area contributed by atoms with Gasteiger partial charge in [-0.05, 0) is 0 Å². The molecule has 0 rings (SSSR count). The number of aliphatic hydroxyl groups excluding tert-OH is 2. The average Bonchev–Trinajstić information content (AvgIpc) is 2.13. The lowest BCUT2D eigenvalue weighted by atomic mass is 10.8. The third-order valence-electron chi connectivity index (χ3n) is 0.1000. The van der Waals surface area contributed by atoms with Crippen molar-refractivity contribution >= 4 is 46.9 Å². The van der Waals surface area contributed by atoms with Crippen LogP contribution in [0.4, 0.5) is 0 Å². The summed E-state index contributed by atoms with van der Waals surface area (Å²) >= 11 is 0. The average molecular weight is 327 g/mol. The molecule has 0 atom stereocenters. The van der Waals surface area contributed by atoms with Gasteiger partial charge in [0.1, 0.15) is 0 Å². The molecule has 124 valence electrons. The minimum atomic E-state index is -0.833. The van der Waals surface area contributed by atoms with Gasteiger partial charge in [0.05, 0.1) is 13.2 Å². The van der Waals surface area contributed by atoms with E-state index < -0.39 is 23.9 Å². The minimum absolute atomic E-state index is 0. The Morgan fingerprint density at radius 3 is 0.619 bits per heavy atom. The summed E-state index contributed by atoms with van der Waals surface area (Å²) in [6.07, 6.45) is 0. The van der Waals surface area contributed by atoms with Crippen molar-refractivity contribution in [2.75, 3.05) is 13.2 Å². The van der Waals surface area contributed by atoms with Crippen LogP contribution in [0.1, 0.15) is 27.7 Å². The lowest BCUT2D eigenvalue weighted by Gasteiger charge is -1.70. The number of hydrogen-bond donors (Lipinski definition) is 6. The smallest absolute Gasteiger partial charge is 0.300 e. The van der Waals surface area contributed by atoms with Crippen LogP contribution in [-0.2, 0) is 19.2 Å². The molecule has 0 unspecified atom stereocenters. The van der Waals surface area contributed by atoms with Gasteiger partial charge in [-0.15, -0.1) is 0 Å². The van der Waals surface area contributed by atoms with Crippen LogP contribution >= 0.6 is 0 Å². The molecule has 0 fully saturated rings. The van der Waals surface area contributed by atoms with Crippen molar-refractivity contribution in [3.63, 3.8) is 0 Å². The van der Waals surface area contributed by atoms with Crippen molar-refractivity contribution in [1.29, 1.82) is 0 Å². The van der Waals surface area contributed by atoms with E-state index in [9.17, 15) is 0 Å². The summed E-state index contributed by atoms with van der Waals surface area (Å²) in [4.78, 5) is 36.0. The third-order valence-corrected chi connectivity index (χ3v) is 0.1000. The second-order valence-corrected chi connectivity index (χ2v) is 2.52. The Morgan fingerprint density at radius 1 is 0.571 bits per heavy atom. The van der Waals surface area contributed by atoms with Crippen LogP contribution in [0.15, 0.2) is 0 Å². The fourth-order valence-corrected chi connectivity index (χ4v) is 0. The zero-order valence-corrected chi connectivity index (χ0v) is 13.9. The third kappa shape index (κ3) is 27100. The second kappa shape index (κ2) is 36.3. The topological polar surface area (TPSA) is 190 Å². The Hall–Kier alpha value is -1.43. The highest BCUT2D eigenvalue weighted by Crippen LogP contribution is 1.43. The van der Waals surface area contributed by atoms with Crippen LogP contribution in [0.25, 0.3) is 0 Å². The molecule has 0 saturated carbocycles. The minimum Gasteiger partial charge on any atom is -0.481 e. The molecule has 0 aromatic carbocycles. The van der Waals surface area contributed by atoms with Gasteiger partial charge in [0.2, 0.25) is 0 Å². The number of aliphatic hydroxyl groups is 2. The molecule has 0 aliphatic rings. The van der Waals surface area contributed by atoms with Crippen molar-refractivity contribution in [1.82, 2.24) is 0 Å². The first kappa shape index (κ1) is 36.6. The van der Waals surface area contributed by atoms with E-state index in [0.717, 1.165) is 27.7 Å². The van der Waals surface area contributed by atoms with E-state index in [-0.39, 0.29) is 36.3 Å². The maximum Gasteiger partial charge on any atom is 0.300 e. The molecule has 0 aromatic rings. The predicted octanol–water partition coefficient (Wildman–Crippen LogP) is -1.05. The molecule has 0 aromatic heterocycles. The van der Waals surface area contributed by atoms with Gasteiger partial charge in [-0.1, -0.05) is 0 Å². The van der Waals surface area contributed by atoms with E-state index in [2.05, 4.69) is 0 Å². The van der Waals surface area contributed by atoms with Crippen molar-refractivity contribution < 1.29 is 49.8 Å². The molecule has 6 N–H and O–H groups in total. The molecule has 0 aliphatic carbocycles. The summed E-state index contributed by atoms with van der Waals surface area (Å²) in [7, 11) is 0. The zero-order chi connectivity index (χ0) is 17.7. The first-order valence-corrected chi connectivity index (χ1v) is 4.84. The van der Waals surface area contributed by atoms with Crippen molar-refractivity contribution in [3.8, 4) is 0 Å². The summed E-state index contributed by atoms with van der Waals surface area (Å²) in [6.45, 7) is 4.08. The normalized spacial score (nSPS) is 6.19. The van der Waals surface area contributed by atoms with E-state index in [1.54, 1.807) is 0 Å². The molecule has 21 heavy (non-hydrogen) atoms. The van der Waals surface area contributed by atoms with Gasteiger partial charge in [-0.2, -0.15) is 0 Å². The van der Waals surface area contributed by atoms with Crippen LogP contribution in [0.3, 0.4) is 0 Å². The fourth-order valence-electron chi connectivity index (χ4n) is 0. The highest BCUT2D eigenvalue weighted by Gasteiger charge is 1.66. The van der Waals surface area contributed by atoms with Gasteiger partial charge in [-0.3, -0.25) is 19.2 Å². The predicted molar refractivity (Wildman–Crippen MR) is 73.2 cm³/mol. The zero-order valence-electron chi connectivity index (χ0n) is 12.4. The van der Waals surface area contributed by atoms with Crippen molar-refractivity contribution in [3.05, 3.63) is 0 Å². The molecule has 0 saturated heterocycles. The summed E-state index contributed by atoms with van der Waals surface area (Å²) in [6, 6.07) is 0. The molecule has 10 nitrogen and oxygen atoms in total. The van der Waals surface area contributed by atoms with E-state index >= 15 is 0 Å². The first-order valence-electron chi connectivity index (χ1n) is 4.84. The van der Waals surface area contributed by atoms with Crippen LogP contribution < -0.4 is 0 Å². The first-order chi connectivity index (χ1) is 8.84. The van der Waals surface area contributed by atoms with Crippen LogP contribution in [0, 0.1) is 0 Å². The Kier molecular flexibility index (Phi) is 63.3. The van der Waals surface area contributed by atoms with E-state index in [1.807, 2.05) is 0 Å². The molecule has 2 radical (unpaired) electrons. The van der Waals surface area contributed by atoms with Gasteiger partial charge in [0, 0.05) is 50.7 Å².